The summed E-state index contributed by atoms with van der Waals surface area (Å²) >= 11 is 0. The van der Waals surface area contributed by atoms with E-state index < -0.39 is 11.9 Å². The zero-order valence-corrected chi connectivity index (χ0v) is 10.9. The fourth-order valence-electron chi connectivity index (χ4n) is 1.38. The third-order valence-corrected chi connectivity index (χ3v) is 2.50. The number of hydrogen-bond acceptors (Lipinski definition) is 4. The predicted molar refractivity (Wildman–Crippen MR) is 67.4 cm³/mol. The zero-order chi connectivity index (χ0) is 14.0. The van der Waals surface area contributed by atoms with E-state index >= 15 is 0 Å². The summed E-state index contributed by atoms with van der Waals surface area (Å²) in [4.78, 5) is 15.2. The van der Waals surface area contributed by atoms with Crippen molar-refractivity contribution in [2.24, 2.45) is 0 Å². The summed E-state index contributed by atoms with van der Waals surface area (Å²) in [5.74, 6) is -0.811. The van der Waals surface area contributed by atoms with E-state index in [1.165, 1.54) is 6.07 Å². The van der Waals surface area contributed by atoms with Crippen molar-refractivity contribution in [3.8, 4) is 0 Å². The Hall–Kier alpha value is -2.24. The minimum atomic E-state index is -0.633. The Morgan fingerprint density at radius 3 is 2.63 bits per heavy atom. The molecule has 2 aromatic heterocycles. The Bertz CT molecular complexity index is 585. The highest BCUT2D eigenvalue weighted by atomic mass is 19.1. The van der Waals surface area contributed by atoms with Crippen LogP contribution in [0.5, 0.6) is 0 Å². The van der Waals surface area contributed by atoms with Crippen LogP contribution in [-0.4, -0.2) is 16.0 Å². The van der Waals surface area contributed by atoms with Crippen molar-refractivity contribution in [2.75, 3.05) is 5.32 Å². The molecule has 2 heterocycles. The van der Waals surface area contributed by atoms with Gasteiger partial charge in [-0.05, 0) is 12.1 Å². The minimum Gasteiger partial charge on any atom is -0.338 e. The Morgan fingerprint density at radius 2 is 2.11 bits per heavy atom. The molecule has 0 radical (unpaired) electrons. The van der Waals surface area contributed by atoms with Crippen LogP contribution in [0.3, 0.4) is 0 Å². The SMILES string of the molecule is CC(C)(C)c1cc(NC(=O)c2ccc(F)nc2)on1. The van der Waals surface area contributed by atoms with Crippen LogP contribution in [0.2, 0.25) is 0 Å². The molecule has 0 aromatic carbocycles. The fraction of sp³-hybridized carbons (Fsp3) is 0.308. The average molecular weight is 263 g/mol. The molecule has 1 amide bonds. The molecule has 0 fully saturated rings. The number of hydrogen-bond donors (Lipinski definition) is 1. The van der Waals surface area contributed by atoms with Gasteiger partial charge in [0.2, 0.25) is 11.8 Å². The first-order valence-corrected chi connectivity index (χ1v) is 5.76. The number of nitrogens with one attached hydrogen (secondary N) is 1. The molecule has 0 bridgehead atoms. The summed E-state index contributed by atoms with van der Waals surface area (Å²) in [6.45, 7) is 5.96. The molecule has 0 saturated carbocycles. The second kappa shape index (κ2) is 4.79. The van der Waals surface area contributed by atoms with Crippen molar-refractivity contribution >= 4 is 11.8 Å². The maximum absolute atomic E-state index is 12.6. The zero-order valence-electron chi connectivity index (χ0n) is 10.9. The van der Waals surface area contributed by atoms with E-state index in [-0.39, 0.29) is 16.9 Å². The van der Waals surface area contributed by atoms with Gasteiger partial charge in [-0.1, -0.05) is 25.9 Å². The number of rotatable bonds is 2. The van der Waals surface area contributed by atoms with Crippen molar-refractivity contribution in [2.45, 2.75) is 26.2 Å². The number of carbonyl (C=O) groups excluding carboxylic acids is 1. The van der Waals surface area contributed by atoms with Crippen molar-refractivity contribution < 1.29 is 13.7 Å². The van der Waals surface area contributed by atoms with Crippen molar-refractivity contribution in [3.63, 3.8) is 0 Å². The smallest absolute Gasteiger partial charge is 0.259 e. The normalized spacial score (nSPS) is 11.4. The summed E-state index contributed by atoms with van der Waals surface area (Å²) in [5, 5.41) is 6.42. The Balaban J connectivity index is 2.11. The van der Waals surface area contributed by atoms with Gasteiger partial charge in [-0.15, -0.1) is 0 Å². The highest BCUT2D eigenvalue weighted by molar-refractivity contribution is 6.03. The standard InChI is InChI=1S/C13H14FN3O2/c1-13(2,3)9-6-11(19-17-9)16-12(18)8-4-5-10(14)15-7-8/h4-7H,1-3H3,(H,16,18). The van der Waals surface area contributed by atoms with E-state index in [9.17, 15) is 9.18 Å². The van der Waals surface area contributed by atoms with Crippen LogP contribution in [-0.2, 0) is 5.41 Å². The van der Waals surface area contributed by atoms with Gasteiger partial charge in [-0.3, -0.25) is 10.1 Å². The summed E-state index contributed by atoms with van der Waals surface area (Å²) < 4.78 is 17.7. The molecular formula is C13H14FN3O2. The van der Waals surface area contributed by atoms with Crippen molar-refractivity contribution in [3.05, 3.63) is 41.6 Å². The Kier molecular flexibility index (Phi) is 3.33. The van der Waals surface area contributed by atoms with Crippen molar-refractivity contribution in [1.29, 1.82) is 0 Å². The lowest BCUT2D eigenvalue weighted by Gasteiger charge is -2.12. The topological polar surface area (TPSA) is 68.0 Å². The van der Waals surface area contributed by atoms with Gasteiger partial charge in [-0.2, -0.15) is 4.39 Å². The van der Waals surface area contributed by atoms with Gasteiger partial charge in [0.15, 0.2) is 0 Å². The monoisotopic (exact) mass is 263 g/mol. The van der Waals surface area contributed by atoms with E-state index in [1.807, 2.05) is 20.8 Å². The number of aromatic nitrogens is 2. The average Bonchev–Trinajstić information content (AvgIpc) is 2.78. The van der Waals surface area contributed by atoms with Gasteiger partial charge in [0.25, 0.3) is 5.91 Å². The quantitative estimate of drug-likeness (QED) is 0.846. The van der Waals surface area contributed by atoms with Crippen molar-refractivity contribution in [1.82, 2.24) is 10.1 Å². The van der Waals surface area contributed by atoms with Crippen LogP contribution in [0, 0.1) is 5.95 Å². The lowest BCUT2D eigenvalue weighted by Crippen LogP contribution is -2.12. The van der Waals surface area contributed by atoms with Crippen LogP contribution >= 0.6 is 0 Å². The molecule has 0 atom stereocenters. The molecule has 100 valence electrons. The maximum Gasteiger partial charge on any atom is 0.259 e. The van der Waals surface area contributed by atoms with E-state index in [1.54, 1.807) is 6.07 Å². The number of amides is 1. The highest BCUT2D eigenvalue weighted by Crippen LogP contribution is 2.23. The predicted octanol–water partition coefficient (Wildman–Crippen LogP) is 2.76. The van der Waals surface area contributed by atoms with Gasteiger partial charge in [0, 0.05) is 17.7 Å². The number of halogens is 1. The lowest BCUT2D eigenvalue weighted by atomic mass is 9.92. The van der Waals surface area contributed by atoms with Gasteiger partial charge in [0.05, 0.1) is 11.3 Å². The van der Waals surface area contributed by atoms with E-state index in [2.05, 4.69) is 15.5 Å². The first kappa shape index (κ1) is 13.2. The number of carbonyl (C=O) groups is 1. The molecule has 0 unspecified atom stereocenters. The lowest BCUT2D eigenvalue weighted by molar-refractivity contribution is 0.102. The van der Waals surface area contributed by atoms with E-state index in [4.69, 9.17) is 4.52 Å². The Labute approximate surface area is 109 Å². The summed E-state index contributed by atoms with van der Waals surface area (Å²) in [6.07, 6.45) is 1.16. The van der Waals surface area contributed by atoms with E-state index in [0.717, 1.165) is 18.0 Å². The maximum atomic E-state index is 12.6. The third-order valence-electron chi connectivity index (χ3n) is 2.50. The molecule has 6 heteroatoms. The molecule has 19 heavy (non-hydrogen) atoms. The molecule has 2 rings (SSSR count). The number of nitrogens with zero attached hydrogens (tertiary/aromatic N) is 2. The van der Waals surface area contributed by atoms with Gasteiger partial charge in [0.1, 0.15) is 0 Å². The summed E-state index contributed by atoms with van der Waals surface area (Å²) in [5.41, 5.74) is 0.819. The van der Waals surface area contributed by atoms with Gasteiger partial charge < -0.3 is 4.52 Å². The van der Waals surface area contributed by atoms with Crippen LogP contribution < -0.4 is 5.32 Å². The second-order valence-corrected chi connectivity index (χ2v) is 5.15. The van der Waals surface area contributed by atoms with Crippen LogP contribution in [0.25, 0.3) is 0 Å². The molecule has 0 aliphatic carbocycles. The largest absolute Gasteiger partial charge is 0.338 e. The molecule has 0 saturated heterocycles. The highest BCUT2D eigenvalue weighted by Gasteiger charge is 2.20. The Morgan fingerprint density at radius 1 is 1.37 bits per heavy atom. The van der Waals surface area contributed by atoms with Crippen LogP contribution in [0.15, 0.2) is 28.9 Å². The fourth-order valence-corrected chi connectivity index (χ4v) is 1.38. The van der Waals surface area contributed by atoms with E-state index in [0.29, 0.717) is 0 Å². The summed E-state index contributed by atoms with van der Waals surface area (Å²) in [6, 6.07) is 4.13. The van der Waals surface area contributed by atoms with Crippen LogP contribution in [0.1, 0.15) is 36.8 Å². The second-order valence-electron chi connectivity index (χ2n) is 5.15. The molecular weight excluding hydrogens is 249 g/mol. The molecule has 0 aliphatic rings. The van der Waals surface area contributed by atoms with Crippen LogP contribution in [0.4, 0.5) is 10.3 Å². The minimum absolute atomic E-state index is 0.163. The first-order valence-electron chi connectivity index (χ1n) is 5.76. The number of pyridine rings is 1. The number of anilines is 1. The summed E-state index contributed by atoms with van der Waals surface area (Å²) in [7, 11) is 0. The molecule has 1 N–H and O–H groups in total. The molecule has 0 spiro atoms. The molecule has 5 nitrogen and oxygen atoms in total. The third kappa shape index (κ3) is 3.15. The first-order chi connectivity index (χ1) is 8.86. The van der Waals surface area contributed by atoms with Gasteiger partial charge in [-0.25, -0.2) is 4.98 Å². The molecule has 2 aromatic rings. The van der Waals surface area contributed by atoms with Gasteiger partial charge >= 0.3 is 0 Å². The molecule has 0 aliphatic heterocycles.